The number of nitrogens with one attached hydrogen (secondary N) is 1. The number of benzene rings is 1. The molecule has 0 amide bonds. The van der Waals surface area contributed by atoms with E-state index in [9.17, 15) is 4.79 Å². The third-order valence-corrected chi connectivity index (χ3v) is 2.05. The monoisotopic (exact) mass is 213 g/mol. The smallest absolute Gasteiger partial charge is 0.325 e. The van der Waals surface area contributed by atoms with Crippen LogP contribution in [-0.4, -0.2) is 25.0 Å². The number of anilines is 1. The highest BCUT2D eigenvalue weighted by molar-refractivity contribution is 6.30. The standard InChI is InChI=1S/C10H12ClNO2/c1-14-10(13)9(11)7-12-8-5-3-2-4-6-8/h2-6,9,12H,7H2,1H3. The van der Waals surface area contributed by atoms with Gasteiger partial charge in [-0.05, 0) is 12.1 Å². The Hall–Kier alpha value is -1.22. The van der Waals surface area contributed by atoms with Crippen LogP contribution in [-0.2, 0) is 9.53 Å². The van der Waals surface area contributed by atoms with E-state index in [2.05, 4.69) is 10.1 Å². The molecule has 0 fully saturated rings. The van der Waals surface area contributed by atoms with Gasteiger partial charge in [-0.15, -0.1) is 11.6 Å². The van der Waals surface area contributed by atoms with Crippen LogP contribution < -0.4 is 5.32 Å². The number of carbonyl (C=O) groups is 1. The molecule has 4 heteroatoms. The zero-order valence-electron chi connectivity index (χ0n) is 7.87. The molecule has 0 aromatic heterocycles. The van der Waals surface area contributed by atoms with Crippen molar-refractivity contribution < 1.29 is 9.53 Å². The maximum atomic E-state index is 10.9. The van der Waals surface area contributed by atoms with Crippen molar-refractivity contribution in [2.24, 2.45) is 0 Å². The molecule has 0 bridgehead atoms. The van der Waals surface area contributed by atoms with Crippen molar-refractivity contribution >= 4 is 23.3 Å². The summed E-state index contributed by atoms with van der Waals surface area (Å²) in [4.78, 5) is 10.9. The second kappa shape index (κ2) is 5.50. The van der Waals surface area contributed by atoms with E-state index in [1.807, 2.05) is 30.3 Å². The molecule has 3 nitrogen and oxygen atoms in total. The molecule has 1 aromatic rings. The lowest BCUT2D eigenvalue weighted by atomic mass is 10.3. The normalized spacial score (nSPS) is 11.9. The van der Waals surface area contributed by atoms with E-state index in [-0.39, 0.29) is 0 Å². The molecule has 0 aliphatic carbocycles. The summed E-state index contributed by atoms with van der Waals surface area (Å²) >= 11 is 5.74. The molecule has 1 unspecified atom stereocenters. The number of hydrogen-bond acceptors (Lipinski definition) is 3. The number of methoxy groups -OCH3 is 1. The number of carbonyl (C=O) groups excluding carboxylic acids is 1. The molecule has 0 radical (unpaired) electrons. The van der Waals surface area contributed by atoms with Gasteiger partial charge in [0, 0.05) is 12.2 Å². The van der Waals surface area contributed by atoms with E-state index in [0.29, 0.717) is 6.54 Å². The first kappa shape index (κ1) is 10.9. The average Bonchev–Trinajstić information content (AvgIpc) is 2.26. The first-order chi connectivity index (χ1) is 6.74. The summed E-state index contributed by atoms with van der Waals surface area (Å²) < 4.78 is 4.49. The number of ether oxygens (including phenoxy) is 1. The van der Waals surface area contributed by atoms with Gasteiger partial charge in [-0.2, -0.15) is 0 Å². The fourth-order valence-electron chi connectivity index (χ4n) is 0.975. The fourth-order valence-corrected chi connectivity index (χ4v) is 1.14. The van der Waals surface area contributed by atoms with Gasteiger partial charge in [0.2, 0.25) is 0 Å². The Balaban J connectivity index is 2.38. The van der Waals surface area contributed by atoms with Crippen LogP contribution >= 0.6 is 11.6 Å². The first-order valence-electron chi connectivity index (χ1n) is 4.25. The average molecular weight is 214 g/mol. The number of para-hydroxylation sites is 1. The Morgan fingerprint density at radius 3 is 2.71 bits per heavy atom. The molecular weight excluding hydrogens is 202 g/mol. The Kier molecular flexibility index (Phi) is 4.26. The topological polar surface area (TPSA) is 38.3 Å². The molecule has 0 saturated carbocycles. The van der Waals surface area contributed by atoms with Crippen LogP contribution in [0.4, 0.5) is 5.69 Å². The molecule has 1 aromatic carbocycles. The molecule has 76 valence electrons. The van der Waals surface area contributed by atoms with E-state index in [1.54, 1.807) is 0 Å². The molecule has 0 spiro atoms. The van der Waals surface area contributed by atoms with Gasteiger partial charge in [-0.1, -0.05) is 18.2 Å². The zero-order valence-corrected chi connectivity index (χ0v) is 8.62. The summed E-state index contributed by atoms with van der Waals surface area (Å²) in [5.74, 6) is -0.421. The Morgan fingerprint density at radius 1 is 1.50 bits per heavy atom. The largest absolute Gasteiger partial charge is 0.468 e. The number of rotatable bonds is 4. The quantitative estimate of drug-likeness (QED) is 0.613. The highest BCUT2D eigenvalue weighted by Crippen LogP contribution is 2.06. The summed E-state index contributed by atoms with van der Waals surface area (Å²) in [6.45, 7) is 0.359. The Labute approximate surface area is 88.0 Å². The van der Waals surface area contributed by atoms with Crippen molar-refractivity contribution in [3.63, 3.8) is 0 Å². The number of halogens is 1. The minimum absolute atomic E-state index is 0.359. The van der Waals surface area contributed by atoms with Gasteiger partial charge in [0.15, 0.2) is 0 Å². The predicted molar refractivity (Wildman–Crippen MR) is 56.6 cm³/mol. The summed E-state index contributed by atoms with van der Waals surface area (Å²) in [5.41, 5.74) is 0.932. The van der Waals surface area contributed by atoms with Crippen LogP contribution in [0.25, 0.3) is 0 Å². The van der Waals surface area contributed by atoms with Crippen LogP contribution in [0.5, 0.6) is 0 Å². The number of alkyl halides is 1. The SMILES string of the molecule is COC(=O)C(Cl)CNc1ccccc1. The van der Waals surface area contributed by atoms with Crippen LogP contribution in [0, 0.1) is 0 Å². The summed E-state index contributed by atoms with van der Waals surface area (Å²) in [6.07, 6.45) is 0. The highest BCUT2D eigenvalue weighted by atomic mass is 35.5. The summed E-state index contributed by atoms with van der Waals surface area (Å²) in [7, 11) is 1.32. The maximum absolute atomic E-state index is 10.9. The molecule has 0 heterocycles. The first-order valence-corrected chi connectivity index (χ1v) is 4.68. The van der Waals surface area contributed by atoms with Gasteiger partial charge >= 0.3 is 5.97 Å². The van der Waals surface area contributed by atoms with Crippen molar-refractivity contribution in [3.05, 3.63) is 30.3 Å². The van der Waals surface area contributed by atoms with Crippen LogP contribution in [0.1, 0.15) is 0 Å². The zero-order chi connectivity index (χ0) is 10.4. The molecule has 1 N–H and O–H groups in total. The van der Waals surface area contributed by atoms with Crippen molar-refractivity contribution in [2.75, 3.05) is 19.0 Å². The van der Waals surface area contributed by atoms with E-state index < -0.39 is 11.3 Å². The summed E-state index contributed by atoms with van der Waals surface area (Å²) in [6, 6.07) is 9.54. The van der Waals surface area contributed by atoms with Crippen LogP contribution in [0.2, 0.25) is 0 Å². The van der Waals surface area contributed by atoms with Crippen molar-refractivity contribution in [1.82, 2.24) is 0 Å². The third kappa shape index (κ3) is 3.26. The van der Waals surface area contributed by atoms with Crippen molar-refractivity contribution in [1.29, 1.82) is 0 Å². The van der Waals surface area contributed by atoms with E-state index in [0.717, 1.165) is 5.69 Å². The molecule has 14 heavy (non-hydrogen) atoms. The minimum atomic E-state index is -0.653. The lowest BCUT2D eigenvalue weighted by Gasteiger charge is -2.09. The maximum Gasteiger partial charge on any atom is 0.325 e. The second-order valence-corrected chi connectivity index (χ2v) is 3.26. The predicted octanol–water partition coefficient (Wildman–Crippen LogP) is 1.88. The molecular formula is C10H12ClNO2. The van der Waals surface area contributed by atoms with E-state index >= 15 is 0 Å². The third-order valence-electron chi connectivity index (χ3n) is 1.72. The summed E-state index contributed by atoms with van der Waals surface area (Å²) in [5, 5.41) is 2.37. The van der Waals surface area contributed by atoms with E-state index in [4.69, 9.17) is 11.6 Å². The number of hydrogen-bond donors (Lipinski definition) is 1. The number of esters is 1. The molecule has 0 aliphatic rings. The van der Waals surface area contributed by atoms with Gasteiger partial charge in [0.05, 0.1) is 7.11 Å². The minimum Gasteiger partial charge on any atom is -0.468 e. The van der Waals surface area contributed by atoms with E-state index in [1.165, 1.54) is 7.11 Å². The highest BCUT2D eigenvalue weighted by Gasteiger charge is 2.14. The van der Waals surface area contributed by atoms with Gasteiger partial charge in [0.1, 0.15) is 5.38 Å². The Morgan fingerprint density at radius 2 is 2.14 bits per heavy atom. The van der Waals surface area contributed by atoms with Crippen molar-refractivity contribution in [3.8, 4) is 0 Å². The molecule has 0 aliphatic heterocycles. The van der Waals surface area contributed by atoms with Gasteiger partial charge < -0.3 is 10.1 Å². The lowest BCUT2D eigenvalue weighted by molar-refractivity contribution is -0.139. The van der Waals surface area contributed by atoms with Crippen molar-refractivity contribution in [2.45, 2.75) is 5.38 Å². The van der Waals surface area contributed by atoms with Gasteiger partial charge in [0.25, 0.3) is 0 Å². The molecule has 0 saturated heterocycles. The van der Waals surface area contributed by atoms with Gasteiger partial charge in [-0.3, -0.25) is 4.79 Å². The van der Waals surface area contributed by atoms with Gasteiger partial charge in [-0.25, -0.2) is 0 Å². The van der Waals surface area contributed by atoms with Crippen LogP contribution in [0.15, 0.2) is 30.3 Å². The second-order valence-electron chi connectivity index (χ2n) is 2.74. The molecule has 1 rings (SSSR count). The Bertz CT molecular complexity index is 289. The van der Waals surface area contributed by atoms with Crippen LogP contribution in [0.3, 0.4) is 0 Å². The molecule has 1 atom stereocenters. The lowest BCUT2D eigenvalue weighted by Crippen LogP contribution is -2.24. The fraction of sp³-hybridized carbons (Fsp3) is 0.300.